The molecule has 22 heavy (non-hydrogen) atoms. The Morgan fingerprint density at radius 3 is 1.36 bits per heavy atom. The van der Waals surface area contributed by atoms with Crippen LogP contribution in [-0.2, 0) is 0 Å². The third kappa shape index (κ3) is 15.0. The van der Waals surface area contributed by atoms with Crippen molar-refractivity contribution in [2.45, 2.75) is 58.9 Å². The molecule has 0 fully saturated rings. The average Bonchev–Trinajstić information content (AvgIpc) is 2.27. The van der Waals surface area contributed by atoms with E-state index in [1.807, 2.05) is 6.08 Å². The van der Waals surface area contributed by atoms with Gasteiger partial charge < -0.3 is 0 Å². The molecule has 0 N–H and O–H groups in total. The first-order valence-electron chi connectivity index (χ1n) is 7.58. The van der Waals surface area contributed by atoms with Crippen LogP contribution in [0.4, 0.5) is 0 Å². The Morgan fingerprint density at radius 1 is 0.591 bits per heavy atom. The van der Waals surface area contributed by atoms with Gasteiger partial charge in [-0.3, -0.25) is 0 Å². The Bertz CT molecular complexity index is 625. The van der Waals surface area contributed by atoms with Crippen molar-refractivity contribution in [3.8, 4) is 46.2 Å². The Morgan fingerprint density at radius 2 is 1.00 bits per heavy atom. The zero-order valence-corrected chi connectivity index (χ0v) is 18.6. The first kappa shape index (κ1) is 20.6. The number of rotatable bonds is 0. The van der Waals surface area contributed by atoms with E-state index in [0.29, 0.717) is 0 Å². The molecule has 0 aliphatic heterocycles. The second-order valence-corrected chi connectivity index (χ2v) is 22.6. The highest BCUT2D eigenvalue weighted by atomic mass is 28.3. The summed E-state index contributed by atoms with van der Waals surface area (Å²) in [4.78, 5) is 0. The zero-order valence-electron chi connectivity index (χ0n) is 15.6. The maximum absolute atomic E-state index is 3.36. The van der Waals surface area contributed by atoms with Crippen molar-refractivity contribution in [1.82, 2.24) is 0 Å². The molecule has 0 nitrogen and oxygen atoms in total. The molecule has 0 aromatic rings. The van der Waals surface area contributed by atoms with Crippen molar-refractivity contribution in [3.63, 3.8) is 0 Å². The smallest absolute Gasteiger partial charge is 0.126 e. The van der Waals surface area contributed by atoms with Gasteiger partial charge in [-0.2, -0.15) is 0 Å². The van der Waals surface area contributed by atoms with Gasteiger partial charge in [0.05, 0.1) is 5.57 Å². The fraction of sp³-hybridized carbons (Fsp3) is 0.474. The maximum Gasteiger partial charge on any atom is 0.130 e. The first-order chi connectivity index (χ1) is 9.79. The summed E-state index contributed by atoms with van der Waals surface area (Å²) >= 11 is 0. The summed E-state index contributed by atoms with van der Waals surface area (Å²) in [5.74, 6) is 15.3. The predicted molar refractivity (Wildman–Crippen MR) is 109 cm³/mol. The van der Waals surface area contributed by atoms with E-state index in [1.165, 1.54) is 0 Å². The van der Waals surface area contributed by atoms with E-state index in [9.17, 15) is 0 Å². The molecule has 0 saturated heterocycles. The summed E-state index contributed by atoms with van der Waals surface area (Å²) in [6, 6.07) is 0. The highest BCUT2D eigenvalue weighted by Crippen LogP contribution is 2.01. The summed E-state index contributed by atoms with van der Waals surface area (Å²) in [7, 11) is -4.15. The monoisotopic (exact) mass is 340 g/mol. The van der Waals surface area contributed by atoms with Gasteiger partial charge >= 0.3 is 0 Å². The Kier molecular flexibility index (Phi) is 7.80. The van der Waals surface area contributed by atoms with Gasteiger partial charge in [0.2, 0.25) is 0 Å². The zero-order chi connectivity index (χ0) is 17.4. The Labute approximate surface area is 141 Å². The SMILES string of the molecule is C[Si](C)(C)C#CC#CC=C(C#C[Si](C)(C)C)C#C[Si](C)(C)C. The molecular weight excluding hydrogens is 312 g/mol. The Hall–Kier alpha value is -1.37. The first-order valence-corrected chi connectivity index (χ1v) is 18.1. The summed E-state index contributed by atoms with van der Waals surface area (Å²) in [6.45, 7) is 20.0. The highest BCUT2D eigenvalue weighted by molar-refractivity contribution is 6.84. The van der Waals surface area contributed by atoms with Gasteiger partial charge in [-0.25, -0.2) is 0 Å². The lowest BCUT2D eigenvalue weighted by Crippen LogP contribution is -2.17. The molecule has 0 aliphatic carbocycles. The largest absolute Gasteiger partial charge is 0.130 e. The van der Waals surface area contributed by atoms with Gasteiger partial charge in [0.1, 0.15) is 24.2 Å². The lowest BCUT2D eigenvalue weighted by Gasteiger charge is -2.04. The standard InChI is InChI=1S/C19H28Si3/c1-20(2,3)16-12-10-11-13-19(14-17-21(4,5)6)15-18-22(7,8)9/h13H,1-9H3. The van der Waals surface area contributed by atoms with E-state index in [4.69, 9.17) is 0 Å². The normalized spacial score (nSPS) is 10.4. The van der Waals surface area contributed by atoms with Crippen LogP contribution in [0.25, 0.3) is 0 Å². The fourth-order valence-corrected chi connectivity index (χ4v) is 2.43. The molecule has 3 heteroatoms. The van der Waals surface area contributed by atoms with Gasteiger partial charge in [0, 0.05) is 6.08 Å². The van der Waals surface area contributed by atoms with Crippen LogP contribution in [0.3, 0.4) is 0 Å². The molecule has 0 unspecified atom stereocenters. The van der Waals surface area contributed by atoms with Crippen LogP contribution in [-0.4, -0.2) is 24.2 Å². The summed E-state index contributed by atoms with van der Waals surface area (Å²) in [6.07, 6.45) is 1.82. The van der Waals surface area contributed by atoms with E-state index < -0.39 is 24.2 Å². The van der Waals surface area contributed by atoms with Crippen LogP contribution in [0.1, 0.15) is 0 Å². The molecule has 0 atom stereocenters. The van der Waals surface area contributed by atoms with Crippen LogP contribution >= 0.6 is 0 Å². The average molecular weight is 341 g/mol. The van der Waals surface area contributed by atoms with Gasteiger partial charge in [-0.05, 0) is 11.8 Å². The topological polar surface area (TPSA) is 0 Å². The van der Waals surface area contributed by atoms with Crippen molar-refractivity contribution in [2.75, 3.05) is 0 Å². The van der Waals surface area contributed by atoms with Crippen LogP contribution in [0.15, 0.2) is 11.6 Å². The second-order valence-electron chi connectivity index (χ2n) is 8.33. The molecule has 0 aliphatic rings. The summed E-state index contributed by atoms with van der Waals surface area (Å²) in [5, 5.41) is 0. The molecule has 0 aromatic carbocycles. The third-order valence-electron chi connectivity index (χ3n) is 1.93. The molecule has 0 heterocycles. The van der Waals surface area contributed by atoms with E-state index in [2.05, 4.69) is 105 Å². The molecule has 0 bridgehead atoms. The van der Waals surface area contributed by atoms with E-state index in [0.717, 1.165) is 5.57 Å². The van der Waals surface area contributed by atoms with Crippen molar-refractivity contribution >= 4 is 24.2 Å². The predicted octanol–water partition coefficient (Wildman–Crippen LogP) is 4.56. The highest BCUT2D eigenvalue weighted by Gasteiger charge is 2.09. The number of hydrogen-bond acceptors (Lipinski definition) is 0. The lowest BCUT2D eigenvalue weighted by molar-refractivity contribution is 1.79. The van der Waals surface area contributed by atoms with E-state index in [1.54, 1.807) is 0 Å². The quantitative estimate of drug-likeness (QED) is 0.448. The fourth-order valence-electron chi connectivity index (χ4n) is 0.976. The van der Waals surface area contributed by atoms with Gasteiger partial charge in [-0.1, -0.05) is 76.7 Å². The number of allylic oxidation sites excluding steroid dienone is 2. The van der Waals surface area contributed by atoms with Crippen LogP contribution in [0, 0.1) is 46.2 Å². The van der Waals surface area contributed by atoms with Crippen molar-refractivity contribution in [2.24, 2.45) is 0 Å². The molecule has 116 valence electrons. The van der Waals surface area contributed by atoms with Crippen molar-refractivity contribution in [3.05, 3.63) is 11.6 Å². The molecule has 0 aromatic heterocycles. The lowest BCUT2D eigenvalue weighted by atomic mass is 10.3. The molecule has 0 saturated carbocycles. The number of hydrogen-bond donors (Lipinski definition) is 0. The molecule has 0 rings (SSSR count). The molecule has 0 radical (unpaired) electrons. The van der Waals surface area contributed by atoms with Crippen LogP contribution in [0.2, 0.25) is 58.9 Å². The van der Waals surface area contributed by atoms with Crippen molar-refractivity contribution < 1.29 is 0 Å². The second kappa shape index (κ2) is 8.31. The molecule has 0 spiro atoms. The van der Waals surface area contributed by atoms with Gasteiger partial charge in [0.25, 0.3) is 0 Å². The van der Waals surface area contributed by atoms with E-state index in [-0.39, 0.29) is 0 Å². The summed E-state index contributed by atoms with van der Waals surface area (Å²) < 4.78 is 0. The minimum Gasteiger partial charge on any atom is -0.126 e. The van der Waals surface area contributed by atoms with Gasteiger partial charge in [0.15, 0.2) is 0 Å². The summed E-state index contributed by atoms with van der Waals surface area (Å²) in [5.41, 5.74) is 10.8. The Balaban J connectivity index is 5.44. The molecular formula is C19H28Si3. The van der Waals surface area contributed by atoms with Gasteiger partial charge in [-0.15, -0.1) is 16.6 Å². The minimum atomic E-state index is -1.40. The van der Waals surface area contributed by atoms with Crippen LogP contribution in [0.5, 0.6) is 0 Å². The molecule has 0 amide bonds. The maximum atomic E-state index is 3.36. The minimum absolute atomic E-state index is 0.826. The van der Waals surface area contributed by atoms with Crippen molar-refractivity contribution in [1.29, 1.82) is 0 Å². The van der Waals surface area contributed by atoms with E-state index >= 15 is 0 Å². The third-order valence-corrected chi connectivity index (χ3v) is 4.56. The van der Waals surface area contributed by atoms with Crippen LogP contribution < -0.4 is 0 Å².